The maximum absolute atomic E-state index is 6.18. The Bertz CT molecular complexity index is 356. The molecule has 0 spiro atoms. The van der Waals surface area contributed by atoms with E-state index in [9.17, 15) is 0 Å². The van der Waals surface area contributed by atoms with E-state index >= 15 is 0 Å². The third kappa shape index (κ3) is 2.82. The number of hydrogen-bond donors (Lipinski definition) is 1. The first kappa shape index (κ1) is 11.6. The maximum Gasteiger partial charge on any atom is 0.0468 e. The second-order valence-corrected chi connectivity index (χ2v) is 5.74. The second-order valence-electron chi connectivity index (χ2n) is 3.82. The fraction of sp³-hybridized carbons (Fsp3) is 0.455. The van der Waals surface area contributed by atoms with E-state index in [1.54, 1.807) is 0 Å². The number of halogens is 2. The minimum absolute atomic E-state index is 0.350. The van der Waals surface area contributed by atoms with Gasteiger partial charge in [0, 0.05) is 33.6 Å². The summed E-state index contributed by atoms with van der Waals surface area (Å²) in [5.41, 5.74) is 1.15. The Labute approximate surface area is 105 Å². The lowest BCUT2D eigenvalue weighted by atomic mass is 10.1. The molecular weight excluding hydrogens is 249 g/mol. The average molecular weight is 262 g/mol. The van der Waals surface area contributed by atoms with Gasteiger partial charge in [-0.15, -0.1) is 0 Å². The molecule has 1 saturated heterocycles. The Kier molecular flexibility index (Phi) is 3.83. The summed E-state index contributed by atoms with van der Waals surface area (Å²) in [5.74, 6) is 2.24. The molecule has 2 atom stereocenters. The van der Waals surface area contributed by atoms with Gasteiger partial charge in [0.15, 0.2) is 0 Å². The Morgan fingerprint density at radius 3 is 2.80 bits per heavy atom. The van der Waals surface area contributed by atoms with Gasteiger partial charge in [0.25, 0.3) is 0 Å². The van der Waals surface area contributed by atoms with E-state index in [-0.39, 0.29) is 0 Å². The third-order valence-corrected chi connectivity index (χ3v) is 4.34. The van der Waals surface area contributed by atoms with Gasteiger partial charge in [-0.3, -0.25) is 0 Å². The molecule has 1 fully saturated rings. The van der Waals surface area contributed by atoms with Gasteiger partial charge in [0.05, 0.1) is 0 Å². The Hall–Kier alpha value is 0.110. The molecule has 0 radical (unpaired) electrons. The van der Waals surface area contributed by atoms with Crippen LogP contribution in [-0.2, 0) is 0 Å². The van der Waals surface area contributed by atoms with Crippen LogP contribution in [0.3, 0.4) is 0 Å². The van der Waals surface area contributed by atoms with Crippen LogP contribution in [0.1, 0.15) is 18.5 Å². The topological polar surface area (TPSA) is 12.0 Å². The van der Waals surface area contributed by atoms with E-state index in [2.05, 4.69) is 12.2 Å². The number of nitrogens with one attached hydrogen (secondary N) is 1. The quantitative estimate of drug-likeness (QED) is 0.827. The summed E-state index contributed by atoms with van der Waals surface area (Å²) in [7, 11) is 0. The van der Waals surface area contributed by atoms with Crippen LogP contribution < -0.4 is 5.32 Å². The Morgan fingerprint density at radius 1 is 1.33 bits per heavy atom. The van der Waals surface area contributed by atoms with Crippen molar-refractivity contribution < 1.29 is 0 Å². The van der Waals surface area contributed by atoms with Crippen LogP contribution in [0.5, 0.6) is 0 Å². The summed E-state index contributed by atoms with van der Waals surface area (Å²) in [5, 5.41) is 5.00. The zero-order valence-electron chi connectivity index (χ0n) is 8.47. The van der Waals surface area contributed by atoms with Gasteiger partial charge < -0.3 is 5.32 Å². The molecule has 1 aliphatic heterocycles. The van der Waals surface area contributed by atoms with E-state index in [1.807, 2.05) is 30.0 Å². The summed E-state index contributed by atoms with van der Waals surface area (Å²) in [6.45, 7) is 2.20. The highest BCUT2D eigenvalue weighted by Gasteiger charge is 2.21. The SMILES string of the molecule is CC1CSCC(c2ccc(Cl)cc2Cl)N1. The third-order valence-electron chi connectivity index (χ3n) is 2.48. The minimum Gasteiger partial charge on any atom is -0.306 e. The van der Waals surface area contributed by atoms with Crippen LogP contribution in [0, 0.1) is 0 Å². The standard InChI is InChI=1S/C11H13Cl2NS/c1-7-5-15-6-11(14-7)9-3-2-8(12)4-10(9)13/h2-4,7,11,14H,5-6H2,1H3. The van der Waals surface area contributed by atoms with Gasteiger partial charge in [-0.2, -0.15) is 11.8 Å². The average Bonchev–Trinajstić information content (AvgIpc) is 2.17. The van der Waals surface area contributed by atoms with Crippen LogP contribution in [0.25, 0.3) is 0 Å². The molecule has 1 heterocycles. The van der Waals surface area contributed by atoms with Crippen LogP contribution in [-0.4, -0.2) is 17.5 Å². The zero-order valence-corrected chi connectivity index (χ0v) is 10.8. The largest absolute Gasteiger partial charge is 0.306 e. The van der Waals surface area contributed by atoms with Crippen LogP contribution >= 0.6 is 35.0 Å². The van der Waals surface area contributed by atoms with Gasteiger partial charge in [-0.25, -0.2) is 0 Å². The van der Waals surface area contributed by atoms with E-state index in [1.165, 1.54) is 5.75 Å². The molecule has 0 aromatic heterocycles. The van der Waals surface area contributed by atoms with Gasteiger partial charge in [0.1, 0.15) is 0 Å². The monoisotopic (exact) mass is 261 g/mol. The summed E-state index contributed by atoms with van der Waals surface area (Å²) >= 11 is 14.0. The molecule has 82 valence electrons. The minimum atomic E-state index is 0.350. The van der Waals surface area contributed by atoms with Crippen molar-refractivity contribution in [3.05, 3.63) is 33.8 Å². The molecule has 2 unspecified atom stereocenters. The Balaban J connectivity index is 2.21. The fourth-order valence-corrected chi connectivity index (χ4v) is 3.40. The first-order valence-corrected chi connectivity index (χ1v) is 6.86. The molecule has 0 amide bonds. The Morgan fingerprint density at radius 2 is 2.13 bits per heavy atom. The first-order chi connectivity index (χ1) is 7.16. The summed E-state index contributed by atoms with van der Waals surface area (Å²) in [6.07, 6.45) is 0. The molecular formula is C11H13Cl2NS. The molecule has 1 nitrogen and oxygen atoms in total. The predicted octanol–water partition coefficient (Wildman–Crippen LogP) is 3.76. The van der Waals surface area contributed by atoms with E-state index in [4.69, 9.17) is 23.2 Å². The molecule has 15 heavy (non-hydrogen) atoms. The summed E-state index contributed by atoms with van der Waals surface area (Å²) in [4.78, 5) is 0. The lowest BCUT2D eigenvalue weighted by Crippen LogP contribution is -2.38. The number of hydrogen-bond acceptors (Lipinski definition) is 2. The van der Waals surface area contributed by atoms with E-state index in [0.717, 1.165) is 16.3 Å². The fourth-order valence-electron chi connectivity index (χ4n) is 1.77. The van der Waals surface area contributed by atoms with Crippen molar-refractivity contribution in [2.45, 2.75) is 19.0 Å². The van der Waals surface area contributed by atoms with Crippen LogP contribution in [0.2, 0.25) is 10.0 Å². The van der Waals surface area contributed by atoms with Crippen molar-refractivity contribution >= 4 is 35.0 Å². The molecule has 4 heteroatoms. The maximum atomic E-state index is 6.18. The molecule has 1 aliphatic rings. The molecule has 1 aromatic rings. The van der Waals surface area contributed by atoms with Crippen LogP contribution in [0.4, 0.5) is 0 Å². The summed E-state index contributed by atoms with van der Waals surface area (Å²) < 4.78 is 0. The number of thioether (sulfide) groups is 1. The predicted molar refractivity (Wildman–Crippen MR) is 69.1 cm³/mol. The van der Waals surface area contributed by atoms with E-state index < -0.39 is 0 Å². The van der Waals surface area contributed by atoms with Crippen LogP contribution in [0.15, 0.2) is 18.2 Å². The molecule has 0 bridgehead atoms. The van der Waals surface area contributed by atoms with E-state index in [0.29, 0.717) is 17.1 Å². The smallest absolute Gasteiger partial charge is 0.0468 e. The highest BCUT2D eigenvalue weighted by molar-refractivity contribution is 7.99. The lowest BCUT2D eigenvalue weighted by Gasteiger charge is -2.29. The van der Waals surface area contributed by atoms with Crippen molar-refractivity contribution in [1.82, 2.24) is 5.32 Å². The molecule has 2 rings (SSSR count). The van der Waals surface area contributed by atoms with Crippen molar-refractivity contribution in [3.63, 3.8) is 0 Å². The summed E-state index contributed by atoms with van der Waals surface area (Å²) in [6, 6.07) is 6.61. The molecule has 0 saturated carbocycles. The highest BCUT2D eigenvalue weighted by atomic mass is 35.5. The molecule has 1 aromatic carbocycles. The normalized spacial score (nSPS) is 26.6. The van der Waals surface area contributed by atoms with Gasteiger partial charge in [-0.05, 0) is 24.6 Å². The number of benzene rings is 1. The van der Waals surface area contributed by atoms with Crippen molar-refractivity contribution in [2.24, 2.45) is 0 Å². The van der Waals surface area contributed by atoms with Crippen molar-refractivity contribution in [2.75, 3.05) is 11.5 Å². The number of rotatable bonds is 1. The molecule has 1 N–H and O–H groups in total. The lowest BCUT2D eigenvalue weighted by molar-refractivity contribution is 0.503. The van der Waals surface area contributed by atoms with Crippen molar-refractivity contribution in [1.29, 1.82) is 0 Å². The van der Waals surface area contributed by atoms with Gasteiger partial charge >= 0.3 is 0 Å². The first-order valence-electron chi connectivity index (χ1n) is 4.95. The zero-order chi connectivity index (χ0) is 10.8. The van der Waals surface area contributed by atoms with Gasteiger partial charge in [-0.1, -0.05) is 29.3 Å². The molecule has 0 aliphatic carbocycles. The second kappa shape index (κ2) is 4.96. The highest BCUT2D eigenvalue weighted by Crippen LogP contribution is 2.30. The van der Waals surface area contributed by atoms with Crippen molar-refractivity contribution in [3.8, 4) is 0 Å². The van der Waals surface area contributed by atoms with Gasteiger partial charge in [0.2, 0.25) is 0 Å².